The normalized spacial score (nSPS) is 10.4. The number of hydrogen-bond donors (Lipinski definition) is 1. The summed E-state index contributed by atoms with van der Waals surface area (Å²) in [6.07, 6.45) is 10.1. The van der Waals surface area contributed by atoms with E-state index >= 15 is 0 Å². The van der Waals surface area contributed by atoms with Crippen molar-refractivity contribution >= 4 is 5.91 Å². The fourth-order valence-corrected chi connectivity index (χ4v) is 1.77. The van der Waals surface area contributed by atoms with Crippen LogP contribution in [-0.4, -0.2) is 27.0 Å². The molecule has 0 atom stereocenters. The summed E-state index contributed by atoms with van der Waals surface area (Å²) in [5.41, 5.74) is 0.621. The summed E-state index contributed by atoms with van der Waals surface area (Å²) in [6.45, 7) is 2.86. The smallest absolute Gasteiger partial charge is 0.251 e. The molecule has 2 aromatic heterocycles. The lowest BCUT2D eigenvalue weighted by Gasteiger charge is -2.06. The first-order chi connectivity index (χ1) is 9.31. The number of carbonyl (C=O) groups is 1. The van der Waals surface area contributed by atoms with Gasteiger partial charge in [0.1, 0.15) is 12.1 Å². The zero-order chi connectivity index (χ0) is 13.5. The molecule has 0 unspecified atom stereocenters. The third kappa shape index (κ3) is 3.64. The van der Waals surface area contributed by atoms with E-state index in [2.05, 4.69) is 22.2 Å². The highest BCUT2D eigenvalue weighted by Gasteiger charge is 2.06. The van der Waals surface area contributed by atoms with Crippen molar-refractivity contribution in [3.63, 3.8) is 0 Å². The first-order valence-corrected chi connectivity index (χ1v) is 6.54. The van der Waals surface area contributed by atoms with Crippen molar-refractivity contribution in [1.29, 1.82) is 0 Å². The zero-order valence-corrected chi connectivity index (χ0v) is 11.0. The molecule has 0 aromatic carbocycles. The van der Waals surface area contributed by atoms with Gasteiger partial charge in [-0.15, -0.1) is 0 Å². The largest absolute Gasteiger partial charge is 0.352 e. The molecule has 0 saturated heterocycles. The molecule has 5 nitrogen and oxygen atoms in total. The van der Waals surface area contributed by atoms with Crippen molar-refractivity contribution in [3.8, 4) is 5.82 Å². The van der Waals surface area contributed by atoms with Gasteiger partial charge in [-0.05, 0) is 18.6 Å². The van der Waals surface area contributed by atoms with E-state index in [0.29, 0.717) is 11.4 Å². The summed E-state index contributed by atoms with van der Waals surface area (Å²) in [7, 11) is 0. The first-order valence-electron chi connectivity index (χ1n) is 6.54. The SMILES string of the molecule is CCCCCNC(=O)c1ccnc(-n2ccnc2)c1. The van der Waals surface area contributed by atoms with E-state index in [1.54, 1.807) is 41.6 Å². The Morgan fingerprint density at radius 3 is 3.00 bits per heavy atom. The van der Waals surface area contributed by atoms with Crippen LogP contribution in [0.5, 0.6) is 0 Å². The Bertz CT molecular complexity index is 522. The molecule has 2 rings (SSSR count). The van der Waals surface area contributed by atoms with Crippen molar-refractivity contribution in [2.75, 3.05) is 6.54 Å². The number of rotatable bonds is 6. The maximum absolute atomic E-state index is 12.0. The van der Waals surface area contributed by atoms with Crippen molar-refractivity contribution in [2.45, 2.75) is 26.2 Å². The number of amides is 1. The maximum atomic E-state index is 12.0. The number of pyridine rings is 1. The maximum Gasteiger partial charge on any atom is 0.251 e. The van der Waals surface area contributed by atoms with E-state index in [0.717, 1.165) is 25.8 Å². The third-order valence-electron chi connectivity index (χ3n) is 2.84. The van der Waals surface area contributed by atoms with Crippen LogP contribution in [0.3, 0.4) is 0 Å². The van der Waals surface area contributed by atoms with Crippen molar-refractivity contribution in [2.24, 2.45) is 0 Å². The number of unbranched alkanes of at least 4 members (excludes halogenated alkanes) is 2. The van der Waals surface area contributed by atoms with Crippen LogP contribution in [0.1, 0.15) is 36.5 Å². The van der Waals surface area contributed by atoms with Gasteiger partial charge in [-0.2, -0.15) is 0 Å². The van der Waals surface area contributed by atoms with Gasteiger partial charge in [0.05, 0.1) is 0 Å². The first kappa shape index (κ1) is 13.3. The summed E-state index contributed by atoms with van der Waals surface area (Å²) in [4.78, 5) is 20.1. The molecule has 2 aromatic rings. The molecule has 0 saturated carbocycles. The standard InChI is InChI=1S/C14H18N4O/c1-2-3-4-6-17-14(19)12-5-7-16-13(10-12)18-9-8-15-11-18/h5,7-11H,2-4,6H2,1H3,(H,17,19). The van der Waals surface area contributed by atoms with E-state index in [1.807, 2.05) is 0 Å². The fourth-order valence-electron chi connectivity index (χ4n) is 1.77. The molecule has 5 heteroatoms. The molecule has 0 aliphatic carbocycles. The van der Waals surface area contributed by atoms with Gasteiger partial charge >= 0.3 is 0 Å². The van der Waals surface area contributed by atoms with Crippen molar-refractivity contribution < 1.29 is 4.79 Å². The molecule has 0 radical (unpaired) electrons. The number of nitrogens with zero attached hydrogens (tertiary/aromatic N) is 3. The van der Waals surface area contributed by atoms with E-state index in [1.165, 1.54) is 0 Å². The lowest BCUT2D eigenvalue weighted by molar-refractivity contribution is 0.0953. The van der Waals surface area contributed by atoms with Crippen LogP contribution in [0.15, 0.2) is 37.1 Å². The molecule has 2 heterocycles. The van der Waals surface area contributed by atoms with Crippen LogP contribution in [0.4, 0.5) is 0 Å². The average molecular weight is 258 g/mol. The summed E-state index contributed by atoms with van der Waals surface area (Å²) in [5, 5.41) is 2.91. The van der Waals surface area contributed by atoms with Gasteiger partial charge in [0.25, 0.3) is 5.91 Å². The summed E-state index contributed by atoms with van der Waals surface area (Å²) < 4.78 is 1.77. The highest BCUT2D eigenvalue weighted by atomic mass is 16.1. The van der Waals surface area contributed by atoms with Crippen LogP contribution in [0.25, 0.3) is 5.82 Å². The zero-order valence-electron chi connectivity index (χ0n) is 11.0. The molecule has 0 fully saturated rings. The van der Waals surface area contributed by atoms with E-state index in [9.17, 15) is 4.79 Å². The van der Waals surface area contributed by atoms with Gasteiger partial charge < -0.3 is 5.32 Å². The molecule has 0 bridgehead atoms. The number of aromatic nitrogens is 3. The van der Waals surface area contributed by atoms with E-state index in [-0.39, 0.29) is 5.91 Å². The monoisotopic (exact) mass is 258 g/mol. The third-order valence-corrected chi connectivity index (χ3v) is 2.84. The molecule has 0 aliphatic heterocycles. The van der Waals surface area contributed by atoms with Crippen LogP contribution in [-0.2, 0) is 0 Å². The molecule has 100 valence electrons. The lowest BCUT2D eigenvalue weighted by atomic mass is 10.2. The molecule has 1 amide bonds. The second kappa shape index (κ2) is 6.68. The minimum Gasteiger partial charge on any atom is -0.352 e. The lowest BCUT2D eigenvalue weighted by Crippen LogP contribution is -2.24. The molecule has 19 heavy (non-hydrogen) atoms. The minimum atomic E-state index is -0.0557. The summed E-state index contributed by atoms with van der Waals surface area (Å²) in [5.74, 6) is 0.638. The second-order valence-corrected chi connectivity index (χ2v) is 4.34. The van der Waals surface area contributed by atoms with Crippen LogP contribution < -0.4 is 5.32 Å². The number of nitrogens with one attached hydrogen (secondary N) is 1. The highest BCUT2D eigenvalue weighted by molar-refractivity contribution is 5.94. The van der Waals surface area contributed by atoms with Gasteiger partial charge in [-0.25, -0.2) is 9.97 Å². The van der Waals surface area contributed by atoms with Gasteiger partial charge in [0.2, 0.25) is 0 Å². The molecular formula is C14H18N4O. The van der Waals surface area contributed by atoms with Crippen LogP contribution in [0, 0.1) is 0 Å². The van der Waals surface area contributed by atoms with Gasteiger partial charge in [0.15, 0.2) is 0 Å². The fraction of sp³-hybridized carbons (Fsp3) is 0.357. The Morgan fingerprint density at radius 2 is 2.26 bits per heavy atom. The molecule has 1 N–H and O–H groups in total. The Morgan fingerprint density at radius 1 is 1.37 bits per heavy atom. The summed E-state index contributed by atoms with van der Waals surface area (Å²) >= 11 is 0. The van der Waals surface area contributed by atoms with Crippen molar-refractivity contribution in [1.82, 2.24) is 19.9 Å². The average Bonchev–Trinajstić information content (AvgIpc) is 2.98. The Balaban J connectivity index is 2.00. The second-order valence-electron chi connectivity index (χ2n) is 4.34. The van der Waals surface area contributed by atoms with Gasteiger partial charge in [-0.3, -0.25) is 9.36 Å². The topological polar surface area (TPSA) is 59.8 Å². The summed E-state index contributed by atoms with van der Waals surface area (Å²) in [6, 6.07) is 3.48. The number of imidazole rings is 1. The molecule has 0 spiro atoms. The molecular weight excluding hydrogens is 240 g/mol. The Labute approximate surface area is 112 Å². The number of carbonyl (C=O) groups excluding carboxylic acids is 1. The molecule has 0 aliphatic rings. The Kier molecular flexibility index (Phi) is 4.66. The van der Waals surface area contributed by atoms with Gasteiger partial charge in [0, 0.05) is 30.7 Å². The van der Waals surface area contributed by atoms with Crippen molar-refractivity contribution in [3.05, 3.63) is 42.6 Å². The van der Waals surface area contributed by atoms with Gasteiger partial charge in [-0.1, -0.05) is 19.8 Å². The Hall–Kier alpha value is -2.17. The predicted octanol–water partition coefficient (Wildman–Crippen LogP) is 2.19. The number of hydrogen-bond acceptors (Lipinski definition) is 3. The van der Waals surface area contributed by atoms with E-state index < -0.39 is 0 Å². The highest BCUT2D eigenvalue weighted by Crippen LogP contribution is 2.06. The van der Waals surface area contributed by atoms with E-state index in [4.69, 9.17) is 0 Å². The predicted molar refractivity (Wildman–Crippen MR) is 73.2 cm³/mol. The van der Waals surface area contributed by atoms with Crippen LogP contribution in [0.2, 0.25) is 0 Å². The minimum absolute atomic E-state index is 0.0557. The van der Waals surface area contributed by atoms with Crippen LogP contribution >= 0.6 is 0 Å². The quantitative estimate of drug-likeness (QED) is 0.808.